The van der Waals surface area contributed by atoms with Gasteiger partial charge < -0.3 is 5.73 Å². The molecule has 0 aromatic rings. The van der Waals surface area contributed by atoms with Gasteiger partial charge in [0.2, 0.25) is 0 Å². The molecule has 0 aromatic carbocycles. The van der Waals surface area contributed by atoms with E-state index in [2.05, 4.69) is 5.43 Å². The van der Waals surface area contributed by atoms with Gasteiger partial charge in [-0.05, 0) is 12.8 Å². The van der Waals surface area contributed by atoms with Crippen LogP contribution in [0.2, 0.25) is 0 Å². The molecule has 0 aromatic heterocycles. The fourth-order valence-electron chi connectivity index (χ4n) is 1.03. The number of nitrogens with zero attached hydrogens (tertiary/aromatic N) is 1. The monoisotopic (exact) mass is 157 g/mol. The number of rotatable bonds is 1. The van der Waals surface area contributed by atoms with Crippen LogP contribution < -0.4 is 11.2 Å². The van der Waals surface area contributed by atoms with Crippen molar-refractivity contribution in [1.29, 1.82) is 0 Å². The second-order valence-corrected chi connectivity index (χ2v) is 2.50. The molecule has 1 saturated heterocycles. The molecule has 0 aliphatic carbocycles. The van der Waals surface area contributed by atoms with Crippen molar-refractivity contribution in [2.75, 3.05) is 13.1 Å². The van der Waals surface area contributed by atoms with Gasteiger partial charge in [-0.1, -0.05) is 0 Å². The normalized spacial score (nSPS) is 18.2. The predicted molar refractivity (Wildman–Crippen MR) is 38.1 cm³/mol. The first kappa shape index (κ1) is 8.00. The number of carbonyl (C=O) groups is 2. The van der Waals surface area contributed by atoms with Crippen molar-refractivity contribution in [3.63, 3.8) is 0 Å². The van der Waals surface area contributed by atoms with E-state index in [4.69, 9.17) is 5.73 Å². The summed E-state index contributed by atoms with van der Waals surface area (Å²) < 4.78 is 0. The average Bonchev–Trinajstić information content (AvgIpc) is 2.39. The van der Waals surface area contributed by atoms with Crippen LogP contribution in [0.25, 0.3) is 0 Å². The maximum Gasteiger partial charge on any atom is 0.323 e. The quantitative estimate of drug-likeness (QED) is 0.459. The van der Waals surface area contributed by atoms with Gasteiger partial charge in [-0.15, -0.1) is 0 Å². The molecule has 62 valence electrons. The van der Waals surface area contributed by atoms with E-state index in [1.807, 2.05) is 0 Å². The molecule has 5 heteroatoms. The van der Waals surface area contributed by atoms with Gasteiger partial charge in [0, 0.05) is 13.1 Å². The largest absolute Gasteiger partial charge is 0.361 e. The molecule has 5 nitrogen and oxygen atoms in total. The summed E-state index contributed by atoms with van der Waals surface area (Å²) in [5, 5.41) is 1.70. The lowest BCUT2D eigenvalue weighted by Crippen LogP contribution is -2.45. The van der Waals surface area contributed by atoms with E-state index in [9.17, 15) is 9.59 Å². The molecule has 11 heavy (non-hydrogen) atoms. The van der Waals surface area contributed by atoms with Crippen LogP contribution in [0.15, 0.2) is 0 Å². The number of nitrogens with one attached hydrogen (secondary N) is 1. The minimum Gasteiger partial charge on any atom is -0.361 e. The van der Waals surface area contributed by atoms with Crippen LogP contribution in [0.1, 0.15) is 12.8 Å². The number of nitrogens with two attached hydrogens (primary N) is 1. The molecule has 0 radical (unpaired) electrons. The highest BCUT2D eigenvalue weighted by molar-refractivity contribution is 6.34. The van der Waals surface area contributed by atoms with Gasteiger partial charge in [-0.25, -0.2) is 5.01 Å². The molecule has 2 amide bonds. The Labute approximate surface area is 64.5 Å². The van der Waals surface area contributed by atoms with Crippen molar-refractivity contribution in [1.82, 2.24) is 10.4 Å². The van der Waals surface area contributed by atoms with Crippen LogP contribution in [0.4, 0.5) is 0 Å². The third-order valence-electron chi connectivity index (χ3n) is 1.59. The highest BCUT2D eigenvalue weighted by Gasteiger charge is 2.16. The highest BCUT2D eigenvalue weighted by Crippen LogP contribution is 2.02. The predicted octanol–water partition coefficient (Wildman–Crippen LogP) is -1.40. The minimum atomic E-state index is -0.933. The first-order valence-corrected chi connectivity index (χ1v) is 3.55. The molecule has 0 saturated carbocycles. The average molecular weight is 157 g/mol. The summed E-state index contributed by atoms with van der Waals surface area (Å²) in [7, 11) is 0. The summed E-state index contributed by atoms with van der Waals surface area (Å²) >= 11 is 0. The molecule has 0 bridgehead atoms. The third-order valence-corrected chi connectivity index (χ3v) is 1.59. The first-order chi connectivity index (χ1) is 5.20. The fraction of sp³-hybridized carbons (Fsp3) is 0.667. The van der Waals surface area contributed by atoms with E-state index in [-0.39, 0.29) is 0 Å². The van der Waals surface area contributed by atoms with Crippen LogP contribution in [-0.4, -0.2) is 29.9 Å². The SMILES string of the molecule is NC(=O)C(=O)NN1CCCC1. The number of hydrogen-bond donors (Lipinski definition) is 2. The Kier molecular flexibility index (Phi) is 2.43. The Morgan fingerprint density at radius 3 is 2.27 bits per heavy atom. The summed E-state index contributed by atoms with van der Waals surface area (Å²) in [5.41, 5.74) is 7.13. The van der Waals surface area contributed by atoms with Gasteiger partial charge in [0.05, 0.1) is 0 Å². The zero-order valence-corrected chi connectivity index (χ0v) is 6.17. The minimum absolute atomic E-state index is 0.730. The van der Waals surface area contributed by atoms with Gasteiger partial charge in [-0.3, -0.25) is 15.0 Å². The van der Waals surface area contributed by atoms with E-state index in [1.54, 1.807) is 5.01 Å². The van der Waals surface area contributed by atoms with Gasteiger partial charge in [0.25, 0.3) is 0 Å². The Hall–Kier alpha value is -1.10. The van der Waals surface area contributed by atoms with Gasteiger partial charge in [0.1, 0.15) is 0 Å². The standard InChI is InChI=1S/C6H11N3O2/c7-5(10)6(11)8-9-3-1-2-4-9/h1-4H2,(H2,7,10)(H,8,11). The van der Waals surface area contributed by atoms with Crippen molar-refractivity contribution >= 4 is 11.8 Å². The van der Waals surface area contributed by atoms with Crippen molar-refractivity contribution < 1.29 is 9.59 Å². The van der Waals surface area contributed by atoms with Crippen molar-refractivity contribution in [3.8, 4) is 0 Å². The molecule has 0 atom stereocenters. The van der Waals surface area contributed by atoms with E-state index < -0.39 is 11.8 Å². The zero-order chi connectivity index (χ0) is 8.27. The lowest BCUT2D eigenvalue weighted by Gasteiger charge is -2.13. The van der Waals surface area contributed by atoms with Crippen LogP contribution in [0.5, 0.6) is 0 Å². The maximum atomic E-state index is 10.7. The number of amides is 2. The molecule has 1 aliphatic heterocycles. The van der Waals surface area contributed by atoms with E-state index >= 15 is 0 Å². The van der Waals surface area contributed by atoms with Crippen LogP contribution >= 0.6 is 0 Å². The van der Waals surface area contributed by atoms with Crippen molar-refractivity contribution in [2.24, 2.45) is 5.73 Å². The number of hydrazine groups is 1. The number of primary amides is 1. The second kappa shape index (κ2) is 3.34. The molecule has 1 rings (SSSR count). The second-order valence-electron chi connectivity index (χ2n) is 2.50. The molecule has 3 N–H and O–H groups in total. The fourth-order valence-corrected chi connectivity index (χ4v) is 1.03. The molecule has 1 aliphatic rings. The lowest BCUT2D eigenvalue weighted by atomic mass is 10.4. The van der Waals surface area contributed by atoms with Crippen LogP contribution in [0, 0.1) is 0 Å². The van der Waals surface area contributed by atoms with Gasteiger partial charge in [-0.2, -0.15) is 0 Å². The molecule has 0 unspecified atom stereocenters. The summed E-state index contributed by atoms with van der Waals surface area (Å²) in [5.74, 6) is -1.66. The number of carbonyl (C=O) groups excluding carboxylic acids is 2. The summed E-state index contributed by atoms with van der Waals surface area (Å²) in [6.45, 7) is 1.61. The molecular weight excluding hydrogens is 146 g/mol. The molecular formula is C6H11N3O2. The Morgan fingerprint density at radius 1 is 1.27 bits per heavy atom. The van der Waals surface area contributed by atoms with E-state index in [0.717, 1.165) is 25.9 Å². The van der Waals surface area contributed by atoms with Crippen molar-refractivity contribution in [2.45, 2.75) is 12.8 Å². The highest BCUT2D eigenvalue weighted by atomic mass is 16.2. The maximum absolute atomic E-state index is 10.7. The smallest absolute Gasteiger partial charge is 0.323 e. The van der Waals surface area contributed by atoms with Gasteiger partial charge in [0.15, 0.2) is 0 Å². The molecule has 0 spiro atoms. The van der Waals surface area contributed by atoms with E-state index in [0.29, 0.717) is 0 Å². The van der Waals surface area contributed by atoms with Crippen molar-refractivity contribution in [3.05, 3.63) is 0 Å². The Morgan fingerprint density at radius 2 is 1.82 bits per heavy atom. The molecule has 1 heterocycles. The lowest BCUT2D eigenvalue weighted by molar-refractivity contribution is -0.140. The Balaban J connectivity index is 2.29. The number of hydrogen-bond acceptors (Lipinski definition) is 3. The summed E-state index contributed by atoms with van der Waals surface area (Å²) in [6, 6.07) is 0. The third kappa shape index (κ3) is 2.19. The van der Waals surface area contributed by atoms with E-state index in [1.165, 1.54) is 0 Å². The molecule has 1 fully saturated rings. The Bertz CT molecular complexity index is 175. The van der Waals surface area contributed by atoms with Crippen LogP contribution in [-0.2, 0) is 9.59 Å². The zero-order valence-electron chi connectivity index (χ0n) is 6.17. The summed E-state index contributed by atoms with van der Waals surface area (Å²) in [6.07, 6.45) is 2.11. The van der Waals surface area contributed by atoms with Gasteiger partial charge >= 0.3 is 11.8 Å². The first-order valence-electron chi connectivity index (χ1n) is 3.55. The van der Waals surface area contributed by atoms with Crippen LogP contribution in [0.3, 0.4) is 0 Å². The summed E-state index contributed by atoms with van der Waals surface area (Å²) in [4.78, 5) is 20.9. The topological polar surface area (TPSA) is 75.4 Å².